The van der Waals surface area contributed by atoms with Crippen molar-refractivity contribution in [2.75, 3.05) is 14.2 Å². The monoisotopic (exact) mass is 330 g/mol. The first-order chi connectivity index (χ1) is 11.4. The number of benzene rings is 2. The zero-order valence-corrected chi connectivity index (χ0v) is 14.3. The van der Waals surface area contributed by atoms with Crippen LogP contribution in [0.4, 0.5) is 4.79 Å². The molecule has 2 N–H and O–H groups in total. The Kier molecular flexibility index (Phi) is 5.28. The van der Waals surface area contributed by atoms with Crippen LogP contribution in [-0.4, -0.2) is 31.8 Å². The number of amides is 2. The highest BCUT2D eigenvalue weighted by Gasteiger charge is 2.29. The van der Waals surface area contributed by atoms with Crippen LogP contribution in [0.5, 0.6) is 5.75 Å². The van der Waals surface area contributed by atoms with E-state index in [1.807, 2.05) is 36.4 Å². The van der Waals surface area contributed by atoms with Gasteiger partial charge in [0.2, 0.25) is 5.91 Å². The van der Waals surface area contributed by atoms with Crippen molar-refractivity contribution >= 4 is 22.8 Å². The molecule has 0 unspecified atom stereocenters. The van der Waals surface area contributed by atoms with Crippen LogP contribution in [0.1, 0.15) is 19.4 Å². The second-order valence-corrected chi connectivity index (χ2v) is 5.89. The molecule has 0 aliphatic heterocycles. The summed E-state index contributed by atoms with van der Waals surface area (Å²) >= 11 is 0. The molecule has 2 aromatic carbocycles. The molecule has 0 radical (unpaired) electrons. The minimum atomic E-state index is -1.09. The average molecular weight is 330 g/mol. The maximum absolute atomic E-state index is 12.4. The van der Waals surface area contributed by atoms with Crippen molar-refractivity contribution < 1.29 is 19.1 Å². The molecule has 2 aromatic rings. The van der Waals surface area contributed by atoms with Crippen LogP contribution >= 0.6 is 0 Å². The lowest BCUT2D eigenvalue weighted by atomic mass is 10.0. The fraction of sp³-hybridized carbons (Fsp3) is 0.333. The lowest BCUT2D eigenvalue weighted by molar-refractivity contribution is -0.126. The third kappa shape index (κ3) is 3.76. The summed E-state index contributed by atoms with van der Waals surface area (Å²) in [4.78, 5) is 23.8. The largest absolute Gasteiger partial charge is 0.496 e. The van der Waals surface area contributed by atoms with Crippen LogP contribution < -0.4 is 15.4 Å². The fourth-order valence-electron chi connectivity index (χ4n) is 2.44. The number of ether oxygens (including phenoxy) is 2. The fourth-order valence-corrected chi connectivity index (χ4v) is 2.44. The summed E-state index contributed by atoms with van der Waals surface area (Å²) in [5.74, 6) is 0.385. The van der Waals surface area contributed by atoms with Crippen molar-refractivity contribution in [2.24, 2.45) is 0 Å². The van der Waals surface area contributed by atoms with E-state index in [2.05, 4.69) is 15.4 Å². The standard InChI is InChI=1S/C18H22N2O4/c1-18(2,20-17(22)24-4)16(21)19-11-14-13-8-6-5-7-12(13)9-10-15(14)23-3/h5-10H,11H2,1-4H3,(H,19,21)(H,20,22). The van der Waals surface area contributed by atoms with E-state index in [4.69, 9.17) is 4.74 Å². The highest BCUT2D eigenvalue weighted by Crippen LogP contribution is 2.27. The van der Waals surface area contributed by atoms with Gasteiger partial charge in [0, 0.05) is 12.1 Å². The zero-order chi connectivity index (χ0) is 17.7. The van der Waals surface area contributed by atoms with Gasteiger partial charge in [0.25, 0.3) is 0 Å². The normalized spacial score (nSPS) is 11.0. The van der Waals surface area contributed by atoms with Gasteiger partial charge < -0.3 is 20.1 Å². The van der Waals surface area contributed by atoms with E-state index in [-0.39, 0.29) is 12.5 Å². The predicted octanol–water partition coefficient (Wildman–Crippen LogP) is 2.60. The minimum Gasteiger partial charge on any atom is -0.496 e. The number of fused-ring (bicyclic) bond motifs is 1. The van der Waals surface area contributed by atoms with E-state index in [1.54, 1.807) is 21.0 Å². The van der Waals surface area contributed by atoms with Gasteiger partial charge in [0.05, 0.1) is 14.2 Å². The number of alkyl carbamates (subject to hydrolysis) is 1. The molecule has 0 saturated carbocycles. The molecule has 0 aliphatic rings. The summed E-state index contributed by atoms with van der Waals surface area (Å²) in [5.41, 5.74) is -0.205. The van der Waals surface area contributed by atoms with Gasteiger partial charge in [-0.1, -0.05) is 30.3 Å². The quantitative estimate of drug-likeness (QED) is 0.883. The molecule has 0 heterocycles. The zero-order valence-electron chi connectivity index (χ0n) is 14.3. The van der Waals surface area contributed by atoms with Gasteiger partial charge in [-0.2, -0.15) is 0 Å². The van der Waals surface area contributed by atoms with Crippen molar-refractivity contribution in [1.82, 2.24) is 10.6 Å². The Bertz CT molecular complexity index is 756. The van der Waals surface area contributed by atoms with Crippen LogP contribution in [0.2, 0.25) is 0 Å². The van der Waals surface area contributed by atoms with Gasteiger partial charge >= 0.3 is 6.09 Å². The van der Waals surface area contributed by atoms with E-state index in [0.717, 1.165) is 16.3 Å². The Morgan fingerprint density at radius 1 is 1.08 bits per heavy atom. The predicted molar refractivity (Wildman–Crippen MR) is 92.0 cm³/mol. The van der Waals surface area contributed by atoms with Crippen molar-refractivity contribution in [2.45, 2.75) is 25.9 Å². The molecule has 0 saturated heterocycles. The van der Waals surface area contributed by atoms with Gasteiger partial charge in [-0.3, -0.25) is 4.79 Å². The Hall–Kier alpha value is -2.76. The van der Waals surface area contributed by atoms with Crippen molar-refractivity contribution in [3.05, 3.63) is 42.0 Å². The van der Waals surface area contributed by atoms with Crippen LogP contribution in [0.25, 0.3) is 10.8 Å². The first-order valence-corrected chi connectivity index (χ1v) is 7.58. The lowest BCUT2D eigenvalue weighted by Gasteiger charge is -2.24. The highest BCUT2D eigenvalue weighted by molar-refractivity contribution is 5.91. The van der Waals surface area contributed by atoms with E-state index in [1.165, 1.54) is 7.11 Å². The van der Waals surface area contributed by atoms with Gasteiger partial charge in [-0.25, -0.2) is 4.79 Å². The summed E-state index contributed by atoms with van der Waals surface area (Å²) < 4.78 is 9.96. The van der Waals surface area contributed by atoms with E-state index < -0.39 is 11.6 Å². The molecule has 24 heavy (non-hydrogen) atoms. The number of methoxy groups -OCH3 is 2. The number of carbonyl (C=O) groups is 2. The first-order valence-electron chi connectivity index (χ1n) is 7.58. The van der Waals surface area contributed by atoms with Crippen LogP contribution in [0.3, 0.4) is 0 Å². The average Bonchev–Trinajstić information content (AvgIpc) is 2.58. The second-order valence-electron chi connectivity index (χ2n) is 5.89. The summed E-state index contributed by atoms with van der Waals surface area (Å²) in [5, 5.41) is 7.42. The minimum absolute atomic E-state index is 0.287. The van der Waals surface area contributed by atoms with E-state index in [0.29, 0.717) is 5.75 Å². The second kappa shape index (κ2) is 7.21. The van der Waals surface area contributed by atoms with Gasteiger partial charge in [-0.15, -0.1) is 0 Å². The van der Waals surface area contributed by atoms with Crippen LogP contribution in [-0.2, 0) is 16.1 Å². The molecule has 6 heteroatoms. The molecule has 2 rings (SSSR count). The van der Waals surface area contributed by atoms with Crippen molar-refractivity contribution in [3.8, 4) is 5.75 Å². The van der Waals surface area contributed by atoms with Crippen molar-refractivity contribution in [3.63, 3.8) is 0 Å². The first kappa shape index (κ1) is 17.6. The smallest absolute Gasteiger partial charge is 0.407 e. The van der Waals surface area contributed by atoms with Crippen molar-refractivity contribution in [1.29, 1.82) is 0 Å². The third-order valence-electron chi connectivity index (χ3n) is 3.81. The van der Waals surface area contributed by atoms with Gasteiger partial charge in [0.1, 0.15) is 11.3 Å². The molecule has 0 atom stereocenters. The molecular weight excluding hydrogens is 308 g/mol. The molecule has 6 nitrogen and oxygen atoms in total. The number of hydrogen-bond acceptors (Lipinski definition) is 4. The third-order valence-corrected chi connectivity index (χ3v) is 3.81. The molecule has 0 spiro atoms. The summed E-state index contributed by atoms with van der Waals surface area (Å²) in [6.45, 7) is 3.51. The van der Waals surface area contributed by atoms with Gasteiger partial charge in [-0.05, 0) is 30.7 Å². The Morgan fingerprint density at radius 3 is 2.46 bits per heavy atom. The Morgan fingerprint density at radius 2 is 1.79 bits per heavy atom. The number of carbonyl (C=O) groups excluding carboxylic acids is 2. The van der Waals surface area contributed by atoms with Crippen LogP contribution in [0, 0.1) is 0 Å². The Labute approximate surface area is 141 Å². The summed E-state index contributed by atoms with van der Waals surface area (Å²) in [6.07, 6.45) is -0.655. The molecule has 128 valence electrons. The summed E-state index contributed by atoms with van der Waals surface area (Å²) in [6, 6.07) is 11.7. The molecule has 0 aliphatic carbocycles. The topological polar surface area (TPSA) is 76.7 Å². The van der Waals surface area contributed by atoms with E-state index in [9.17, 15) is 9.59 Å². The highest BCUT2D eigenvalue weighted by atomic mass is 16.5. The maximum Gasteiger partial charge on any atom is 0.407 e. The maximum atomic E-state index is 12.4. The number of rotatable bonds is 5. The molecule has 0 bridgehead atoms. The molecule has 2 amide bonds. The molecule has 0 aromatic heterocycles. The number of nitrogens with one attached hydrogen (secondary N) is 2. The molecular formula is C18H22N2O4. The number of hydrogen-bond donors (Lipinski definition) is 2. The SMILES string of the molecule is COC(=O)NC(C)(C)C(=O)NCc1c(OC)ccc2ccccc12. The summed E-state index contributed by atoms with van der Waals surface area (Å²) in [7, 11) is 2.85. The van der Waals surface area contributed by atoms with Crippen LogP contribution in [0.15, 0.2) is 36.4 Å². The van der Waals surface area contributed by atoms with E-state index >= 15 is 0 Å². The molecule has 0 fully saturated rings. The Balaban J connectivity index is 2.21. The lowest BCUT2D eigenvalue weighted by Crippen LogP contribution is -2.54. The van der Waals surface area contributed by atoms with Gasteiger partial charge in [0.15, 0.2) is 0 Å².